The largest absolute Gasteiger partial charge is 0.495 e. The molecule has 32 heavy (non-hydrogen) atoms. The summed E-state index contributed by atoms with van der Waals surface area (Å²) in [5.41, 5.74) is 0.609. The zero-order valence-electron chi connectivity index (χ0n) is 18.9. The molecule has 1 aliphatic heterocycles. The molecule has 0 spiro atoms. The first kappa shape index (κ1) is 21.0. The van der Waals surface area contributed by atoms with Gasteiger partial charge in [-0.05, 0) is 86.6 Å². The van der Waals surface area contributed by atoms with Crippen molar-refractivity contribution < 1.29 is 9.53 Å². The first-order valence-electron chi connectivity index (χ1n) is 12.4. The molecule has 4 bridgehead atoms. The number of fused-ring (bicyclic) bond motifs is 1. The summed E-state index contributed by atoms with van der Waals surface area (Å²) in [4.78, 5) is 16.1. The van der Waals surface area contributed by atoms with E-state index in [4.69, 9.17) is 4.74 Å². The quantitative estimate of drug-likeness (QED) is 0.582. The number of amides is 1. The van der Waals surface area contributed by atoms with Crippen LogP contribution in [0.5, 0.6) is 5.75 Å². The molecule has 1 atom stereocenters. The van der Waals surface area contributed by atoms with Crippen LogP contribution in [0.2, 0.25) is 0 Å². The van der Waals surface area contributed by atoms with Crippen LogP contribution in [-0.4, -0.2) is 43.1 Å². The van der Waals surface area contributed by atoms with Crippen LogP contribution in [0.4, 0.5) is 0 Å². The average Bonchev–Trinajstić information content (AvgIpc) is 3.25. The summed E-state index contributed by atoms with van der Waals surface area (Å²) in [5, 5.41) is 5.30. The second-order valence-corrected chi connectivity index (χ2v) is 11.5. The Morgan fingerprint density at radius 2 is 1.78 bits per heavy atom. The number of halogens is 1. The number of likely N-dealkylation sites (tertiary alicyclic amines) is 1. The normalized spacial score (nSPS) is 33.7. The summed E-state index contributed by atoms with van der Waals surface area (Å²) in [6, 6.07) is 11.2. The molecule has 1 amide bonds. The molecular formula is C27H33BrN2O2. The van der Waals surface area contributed by atoms with Crippen molar-refractivity contribution >= 4 is 32.6 Å². The lowest BCUT2D eigenvalue weighted by Crippen LogP contribution is -2.58. The predicted octanol–water partition coefficient (Wildman–Crippen LogP) is 5.63. The van der Waals surface area contributed by atoms with Crippen LogP contribution in [-0.2, 0) is 0 Å². The lowest BCUT2D eigenvalue weighted by atomic mass is 9.54. The molecule has 4 aliphatic carbocycles. The van der Waals surface area contributed by atoms with Gasteiger partial charge in [0.15, 0.2) is 0 Å². The Morgan fingerprint density at radius 3 is 2.47 bits per heavy atom. The molecular weight excluding hydrogens is 464 g/mol. The van der Waals surface area contributed by atoms with E-state index >= 15 is 0 Å². The van der Waals surface area contributed by atoms with Crippen LogP contribution in [0.3, 0.4) is 0 Å². The number of nitrogens with zero attached hydrogens (tertiary/aromatic N) is 1. The van der Waals surface area contributed by atoms with Gasteiger partial charge in [0.05, 0.1) is 12.7 Å². The summed E-state index contributed by atoms with van der Waals surface area (Å²) in [7, 11) is 1.65. The highest BCUT2D eigenvalue weighted by atomic mass is 79.9. The van der Waals surface area contributed by atoms with Crippen LogP contribution >= 0.6 is 15.9 Å². The number of ether oxygens (including phenoxy) is 1. The molecule has 1 N–H and O–H groups in total. The Morgan fingerprint density at radius 1 is 1.09 bits per heavy atom. The SMILES string of the molecule is COc1c(C(=O)NC[C@@H]2CCCN2C2C3CC4CC(C3)CC2C4)cc(Br)c2ccccc12. The molecule has 2 aromatic rings. The van der Waals surface area contributed by atoms with E-state index in [2.05, 4.69) is 26.1 Å². The fourth-order valence-electron chi connectivity index (χ4n) is 7.91. The van der Waals surface area contributed by atoms with Crippen LogP contribution in [0.1, 0.15) is 55.3 Å². The topological polar surface area (TPSA) is 41.6 Å². The van der Waals surface area contributed by atoms with Gasteiger partial charge >= 0.3 is 0 Å². The summed E-state index contributed by atoms with van der Waals surface area (Å²) in [6.07, 6.45) is 9.77. The number of carbonyl (C=O) groups is 1. The van der Waals surface area contributed by atoms with Gasteiger partial charge in [0.25, 0.3) is 5.91 Å². The van der Waals surface area contributed by atoms with E-state index in [9.17, 15) is 4.79 Å². The van der Waals surface area contributed by atoms with Crippen molar-refractivity contribution in [3.63, 3.8) is 0 Å². The zero-order chi connectivity index (χ0) is 21.8. The van der Waals surface area contributed by atoms with E-state index in [0.717, 1.165) is 51.5 Å². The van der Waals surface area contributed by atoms with E-state index in [1.54, 1.807) is 7.11 Å². The highest BCUT2D eigenvalue weighted by Crippen LogP contribution is 2.55. The summed E-state index contributed by atoms with van der Waals surface area (Å²) < 4.78 is 6.62. The minimum absolute atomic E-state index is 0.0368. The number of methoxy groups -OCH3 is 1. The van der Waals surface area contributed by atoms with E-state index in [0.29, 0.717) is 17.4 Å². The van der Waals surface area contributed by atoms with Gasteiger partial charge in [-0.3, -0.25) is 9.69 Å². The Bertz CT molecular complexity index is 1010. The maximum Gasteiger partial charge on any atom is 0.255 e. The molecule has 1 saturated heterocycles. The monoisotopic (exact) mass is 496 g/mol. The molecule has 4 nitrogen and oxygen atoms in total. The first-order chi connectivity index (χ1) is 15.6. The Labute approximate surface area is 199 Å². The average molecular weight is 497 g/mol. The zero-order valence-corrected chi connectivity index (χ0v) is 20.4. The van der Waals surface area contributed by atoms with Crippen molar-refractivity contribution in [1.29, 1.82) is 0 Å². The van der Waals surface area contributed by atoms with E-state index in [-0.39, 0.29) is 5.91 Å². The van der Waals surface area contributed by atoms with Gasteiger partial charge in [0.1, 0.15) is 5.75 Å². The minimum atomic E-state index is -0.0368. The van der Waals surface area contributed by atoms with Crippen molar-refractivity contribution in [2.75, 3.05) is 20.2 Å². The number of benzene rings is 2. The second-order valence-electron chi connectivity index (χ2n) is 10.6. The maximum absolute atomic E-state index is 13.3. The van der Waals surface area contributed by atoms with Crippen LogP contribution < -0.4 is 10.1 Å². The third-order valence-electron chi connectivity index (χ3n) is 8.87. The molecule has 5 aliphatic rings. The number of nitrogens with one attached hydrogen (secondary N) is 1. The van der Waals surface area contributed by atoms with Crippen molar-refractivity contribution in [2.24, 2.45) is 23.7 Å². The third-order valence-corrected chi connectivity index (χ3v) is 9.53. The van der Waals surface area contributed by atoms with Crippen LogP contribution in [0.25, 0.3) is 10.8 Å². The highest BCUT2D eigenvalue weighted by molar-refractivity contribution is 9.10. The van der Waals surface area contributed by atoms with Crippen molar-refractivity contribution in [3.8, 4) is 5.75 Å². The van der Waals surface area contributed by atoms with Gasteiger partial charge in [-0.25, -0.2) is 0 Å². The summed E-state index contributed by atoms with van der Waals surface area (Å²) in [6.45, 7) is 1.94. The lowest BCUT2D eigenvalue weighted by molar-refractivity contribution is -0.0688. The van der Waals surface area contributed by atoms with Crippen LogP contribution in [0.15, 0.2) is 34.8 Å². The van der Waals surface area contributed by atoms with Crippen LogP contribution in [0, 0.1) is 23.7 Å². The van der Waals surface area contributed by atoms with Gasteiger partial charge in [-0.15, -0.1) is 0 Å². The molecule has 170 valence electrons. The molecule has 0 radical (unpaired) electrons. The summed E-state index contributed by atoms with van der Waals surface area (Å²) in [5.74, 6) is 4.44. The Kier molecular flexibility index (Phi) is 5.46. The molecule has 7 rings (SSSR count). The maximum atomic E-state index is 13.3. The lowest BCUT2D eigenvalue weighted by Gasteiger charge is -2.57. The third kappa shape index (κ3) is 3.47. The summed E-state index contributed by atoms with van der Waals surface area (Å²) >= 11 is 3.65. The fourth-order valence-corrected chi connectivity index (χ4v) is 8.48. The molecule has 5 fully saturated rings. The minimum Gasteiger partial charge on any atom is -0.495 e. The first-order valence-corrected chi connectivity index (χ1v) is 13.2. The fraction of sp³-hybridized carbons (Fsp3) is 0.593. The molecule has 2 aromatic carbocycles. The number of rotatable bonds is 5. The predicted molar refractivity (Wildman–Crippen MR) is 131 cm³/mol. The van der Waals surface area contributed by atoms with Crippen molar-refractivity contribution in [3.05, 3.63) is 40.4 Å². The van der Waals surface area contributed by atoms with Gasteiger partial charge in [-0.2, -0.15) is 0 Å². The van der Waals surface area contributed by atoms with Gasteiger partial charge in [-0.1, -0.05) is 40.2 Å². The standard InChI is InChI=1S/C27H33BrN2O2/c1-32-26-22-7-3-2-6-21(22)24(28)14-23(26)27(31)29-15-20-5-4-8-30(20)25-18-10-16-9-17(12-18)13-19(25)11-16/h2-3,6-7,14,16-20,25H,4-5,8-13,15H2,1H3,(H,29,31)/t16?,17?,18?,19?,20-,25?/m0/s1. The molecule has 1 heterocycles. The van der Waals surface area contributed by atoms with Crippen molar-refractivity contribution in [1.82, 2.24) is 10.2 Å². The molecule has 5 heteroatoms. The van der Waals surface area contributed by atoms with E-state index < -0.39 is 0 Å². The Balaban J connectivity index is 1.19. The van der Waals surface area contributed by atoms with Gasteiger partial charge < -0.3 is 10.1 Å². The highest BCUT2D eigenvalue weighted by Gasteiger charge is 2.51. The van der Waals surface area contributed by atoms with Gasteiger partial charge in [0.2, 0.25) is 0 Å². The molecule has 0 unspecified atom stereocenters. The second kappa shape index (κ2) is 8.32. The molecule has 0 aromatic heterocycles. The number of hydrogen-bond donors (Lipinski definition) is 1. The van der Waals surface area contributed by atoms with E-state index in [1.807, 2.05) is 30.3 Å². The smallest absolute Gasteiger partial charge is 0.255 e. The number of hydrogen-bond acceptors (Lipinski definition) is 3. The van der Waals surface area contributed by atoms with Gasteiger partial charge in [0, 0.05) is 28.5 Å². The molecule has 4 saturated carbocycles. The Hall–Kier alpha value is -1.59. The van der Waals surface area contributed by atoms with E-state index in [1.165, 1.54) is 51.5 Å². The van der Waals surface area contributed by atoms with Crippen molar-refractivity contribution in [2.45, 2.75) is 57.0 Å². The number of carbonyl (C=O) groups excluding carboxylic acids is 1.